The van der Waals surface area contributed by atoms with Gasteiger partial charge in [0.1, 0.15) is 0 Å². The molecule has 2 aromatic heterocycles. The van der Waals surface area contributed by atoms with E-state index in [1.54, 1.807) is 17.2 Å². The van der Waals surface area contributed by atoms with Crippen LogP contribution in [0.3, 0.4) is 0 Å². The van der Waals surface area contributed by atoms with Crippen molar-refractivity contribution in [1.29, 1.82) is 0 Å². The van der Waals surface area contributed by atoms with Crippen LogP contribution in [0.25, 0.3) is 5.52 Å². The van der Waals surface area contributed by atoms with Gasteiger partial charge in [0.15, 0.2) is 0 Å². The summed E-state index contributed by atoms with van der Waals surface area (Å²) in [5.74, 6) is -0.149. The second-order valence-electron chi connectivity index (χ2n) is 5.80. The van der Waals surface area contributed by atoms with Crippen LogP contribution in [-0.2, 0) is 16.4 Å². The van der Waals surface area contributed by atoms with Gasteiger partial charge < -0.3 is 9.30 Å². The number of rotatable bonds is 2. The maximum absolute atomic E-state index is 12.9. The van der Waals surface area contributed by atoms with Crippen molar-refractivity contribution in [3.05, 3.63) is 66.0 Å². The zero-order valence-corrected chi connectivity index (χ0v) is 13.5. The Hall–Kier alpha value is -2.64. The Kier molecular flexibility index (Phi) is 3.22. The minimum Gasteiger partial charge on any atom is -0.323 e. The molecule has 0 atom stereocenters. The van der Waals surface area contributed by atoms with Crippen molar-refractivity contribution in [2.24, 2.45) is 5.14 Å². The number of carbonyl (C=O) groups is 1. The number of nitrogens with two attached hydrogens (primary N) is 1. The van der Waals surface area contributed by atoms with Crippen LogP contribution in [0.2, 0.25) is 0 Å². The lowest BCUT2D eigenvalue weighted by molar-refractivity contribution is 0.0989. The van der Waals surface area contributed by atoms with E-state index in [4.69, 9.17) is 5.14 Å². The molecule has 1 aromatic carbocycles. The number of carbonyl (C=O) groups excluding carboxylic acids is 1. The Balaban J connectivity index is 1.75. The van der Waals surface area contributed by atoms with Crippen LogP contribution in [0.1, 0.15) is 15.9 Å². The summed E-state index contributed by atoms with van der Waals surface area (Å²) in [6, 6.07) is 12.2. The van der Waals surface area contributed by atoms with Gasteiger partial charge in [0.25, 0.3) is 5.91 Å². The highest BCUT2D eigenvalue weighted by Gasteiger charge is 2.27. The first kappa shape index (κ1) is 14.9. The monoisotopic (exact) mass is 341 g/mol. The molecule has 0 fully saturated rings. The second kappa shape index (κ2) is 5.19. The Bertz CT molecular complexity index is 1040. The van der Waals surface area contributed by atoms with E-state index in [0.717, 1.165) is 11.1 Å². The summed E-state index contributed by atoms with van der Waals surface area (Å²) in [6.45, 7) is 0.522. The van der Waals surface area contributed by atoms with Gasteiger partial charge >= 0.3 is 0 Å². The van der Waals surface area contributed by atoms with E-state index in [2.05, 4.69) is 0 Å². The van der Waals surface area contributed by atoms with Crippen LogP contribution >= 0.6 is 0 Å². The average Bonchev–Trinajstić information content (AvgIpc) is 3.16. The number of sulfonamides is 1. The van der Waals surface area contributed by atoms with Crippen LogP contribution in [0.4, 0.5) is 5.69 Å². The molecule has 122 valence electrons. The van der Waals surface area contributed by atoms with E-state index in [0.29, 0.717) is 24.2 Å². The predicted octanol–water partition coefficient (Wildman–Crippen LogP) is 1.79. The molecule has 0 spiro atoms. The van der Waals surface area contributed by atoms with Gasteiger partial charge in [-0.3, -0.25) is 4.79 Å². The van der Waals surface area contributed by atoms with Gasteiger partial charge in [0.2, 0.25) is 10.0 Å². The SMILES string of the molecule is NS(=O)(=O)c1ccc2c(c1)N(C(=O)c1cc3ccccn3c1)CC2. The number of amides is 1. The van der Waals surface area contributed by atoms with E-state index in [1.165, 1.54) is 12.1 Å². The molecular weight excluding hydrogens is 326 g/mol. The normalized spacial score (nSPS) is 14.1. The molecule has 7 heteroatoms. The van der Waals surface area contributed by atoms with Gasteiger partial charge in [-0.2, -0.15) is 0 Å². The van der Waals surface area contributed by atoms with Crippen LogP contribution in [0.15, 0.2) is 59.8 Å². The smallest absolute Gasteiger partial charge is 0.259 e. The van der Waals surface area contributed by atoms with Crippen molar-refractivity contribution in [2.45, 2.75) is 11.3 Å². The summed E-state index contributed by atoms with van der Waals surface area (Å²) in [5.41, 5.74) is 3.05. The Morgan fingerprint density at radius 3 is 2.71 bits per heavy atom. The van der Waals surface area contributed by atoms with Crippen molar-refractivity contribution >= 4 is 27.1 Å². The molecule has 2 N–H and O–H groups in total. The van der Waals surface area contributed by atoms with Gasteiger partial charge in [-0.15, -0.1) is 0 Å². The Morgan fingerprint density at radius 2 is 1.96 bits per heavy atom. The minimum absolute atomic E-state index is 0.0167. The van der Waals surface area contributed by atoms with Crippen molar-refractivity contribution in [2.75, 3.05) is 11.4 Å². The summed E-state index contributed by atoms with van der Waals surface area (Å²) in [5, 5.41) is 5.20. The maximum atomic E-state index is 12.9. The topological polar surface area (TPSA) is 84.9 Å². The lowest BCUT2D eigenvalue weighted by Gasteiger charge is -2.17. The van der Waals surface area contributed by atoms with E-state index >= 15 is 0 Å². The van der Waals surface area contributed by atoms with Gasteiger partial charge in [-0.05, 0) is 42.3 Å². The van der Waals surface area contributed by atoms with Gasteiger partial charge in [0.05, 0.1) is 10.5 Å². The molecule has 1 amide bonds. The molecule has 0 saturated carbocycles. The zero-order valence-electron chi connectivity index (χ0n) is 12.7. The molecule has 0 unspecified atom stereocenters. The predicted molar refractivity (Wildman–Crippen MR) is 90.6 cm³/mol. The molecule has 3 heterocycles. The van der Waals surface area contributed by atoms with Crippen LogP contribution in [-0.4, -0.2) is 25.3 Å². The number of benzene rings is 1. The third-order valence-electron chi connectivity index (χ3n) is 4.28. The number of fused-ring (bicyclic) bond motifs is 2. The number of hydrogen-bond acceptors (Lipinski definition) is 3. The number of hydrogen-bond donors (Lipinski definition) is 1. The molecule has 1 aliphatic rings. The maximum Gasteiger partial charge on any atom is 0.259 e. The van der Waals surface area contributed by atoms with Crippen LogP contribution < -0.4 is 10.0 Å². The number of anilines is 1. The molecule has 1 aliphatic heterocycles. The van der Waals surface area contributed by atoms with Gasteiger partial charge in [0, 0.05) is 30.1 Å². The van der Waals surface area contributed by atoms with E-state index < -0.39 is 10.0 Å². The Labute approximate surface area is 139 Å². The van der Waals surface area contributed by atoms with Gasteiger partial charge in [-0.1, -0.05) is 12.1 Å². The van der Waals surface area contributed by atoms with Gasteiger partial charge in [-0.25, -0.2) is 13.6 Å². The average molecular weight is 341 g/mol. The summed E-state index contributed by atoms with van der Waals surface area (Å²) in [4.78, 5) is 14.5. The van der Waals surface area contributed by atoms with Crippen molar-refractivity contribution in [3.8, 4) is 0 Å². The second-order valence-corrected chi connectivity index (χ2v) is 7.37. The summed E-state index contributed by atoms with van der Waals surface area (Å²) < 4.78 is 25.0. The lowest BCUT2D eigenvalue weighted by atomic mass is 10.2. The molecule has 6 nitrogen and oxygen atoms in total. The van der Waals surface area contributed by atoms with Crippen LogP contribution in [0.5, 0.6) is 0 Å². The van der Waals surface area contributed by atoms with E-state index in [1.807, 2.05) is 34.9 Å². The molecule has 3 aromatic rings. The molecule has 4 rings (SSSR count). The molecular formula is C17H15N3O3S. The number of pyridine rings is 1. The van der Waals surface area contributed by atoms with Crippen LogP contribution in [0, 0.1) is 0 Å². The van der Waals surface area contributed by atoms with Crippen molar-refractivity contribution < 1.29 is 13.2 Å². The molecule has 0 radical (unpaired) electrons. The quantitative estimate of drug-likeness (QED) is 0.771. The largest absolute Gasteiger partial charge is 0.323 e. The zero-order chi connectivity index (χ0) is 16.9. The third-order valence-corrected chi connectivity index (χ3v) is 5.19. The molecule has 0 bridgehead atoms. The molecule has 0 saturated heterocycles. The fourth-order valence-corrected chi connectivity index (χ4v) is 3.61. The number of nitrogens with zero attached hydrogens (tertiary/aromatic N) is 2. The minimum atomic E-state index is -3.80. The van der Waals surface area contributed by atoms with Crippen molar-refractivity contribution in [3.63, 3.8) is 0 Å². The Morgan fingerprint density at radius 1 is 1.12 bits per heavy atom. The highest BCUT2D eigenvalue weighted by Crippen LogP contribution is 2.31. The summed E-state index contributed by atoms with van der Waals surface area (Å²) in [6.07, 6.45) is 4.35. The molecule has 24 heavy (non-hydrogen) atoms. The highest BCUT2D eigenvalue weighted by atomic mass is 32.2. The lowest BCUT2D eigenvalue weighted by Crippen LogP contribution is -2.28. The first-order valence-electron chi connectivity index (χ1n) is 7.48. The molecule has 0 aliphatic carbocycles. The summed E-state index contributed by atoms with van der Waals surface area (Å²) in [7, 11) is -3.80. The summed E-state index contributed by atoms with van der Waals surface area (Å²) >= 11 is 0. The highest BCUT2D eigenvalue weighted by molar-refractivity contribution is 7.89. The number of aromatic nitrogens is 1. The van der Waals surface area contributed by atoms with E-state index in [9.17, 15) is 13.2 Å². The number of primary sulfonamides is 1. The first-order chi connectivity index (χ1) is 11.4. The first-order valence-corrected chi connectivity index (χ1v) is 9.02. The van der Waals surface area contributed by atoms with Crippen molar-refractivity contribution in [1.82, 2.24) is 4.40 Å². The standard InChI is InChI=1S/C17H15N3O3S/c18-24(22,23)15-5-4-12-6-8-20(16(12)10-15)17(21)13-9-14-3-1-2-7-19(14)11-13/h1-5,7,9-11H,6,8H2,(H2,18,22,23). The van der Waals surface area contributed by atoms with E-state index in [-0.39, 0.29) is 10.8 Å². The fourth-order valence-electron chi connectivity index (χ4n) is 3.08. The third kappa shape index (κ3) is 2.38. The fraction of sp³-hybridized carbons (Fsp3) is 0.118.